The molecule has 4 heterocycles. The number of hydrogen-bond donors (Lipinski definition) is 0. The topological polar surface area (TPSA) is 78.2 Å². The van der Waals surface area contributed by atoms with E-state index in [-0.39, 0.29) is 5.56 Å². The summed E-state index contributed by atoms with van der Waals surface area (Å²) in [4.78, 5) is 17.7. The van der Waals surface area contributed by atoms with E-state index in [4.69, 9.17) is 4.42 Å². The summed E-state index contributed by atoms with van der Waals surface area (Å²) in [6, 6.07) is 15.1. The summed E-state index contributed by atoms with van der Waals surface area (Å²) < 4.78 is 9.11. The molecular weight excluding hydrogens is 406 g/mol. The predicted octanol–water partition coefficient (Wildman–Crippen LogP) is 4.20. The van der Waals surface area contributed by atoms with Gasteiger partial charge in [-0.1, -0.05) is 30.0 Å². The van der Waals surface area contributed by atoms with E-state index in [2.05, 4.69) is 15.2 Å². The van der Waals surface area contributed by atoms with Crippen molar-refractivity contribution in [2.75, 3.05) is 0 Å². The highest BCUT2D eigenvalue weighted by Crippen LogP contribution is 2.29. The molecule has 144 valence electrons. The van der Waals surface area contributed by atoms with Gasteiger partial charge in [-0.25, -0.2) is 4.98 Å². The predicted molar refractivity (Wildman–Crippen MR) is 113 cm³/mol. The van der Waals surface area contributed by atoms with Gasteiger partial charge in [-0.15, -0.1) is 21.5 Å². The molecule has 0 aliphatic carbocycles. The standard InChI is InChI=1S/C20H15N5O2S2/c1-13-11-28-19-21-14(10-17(26)24(13)19)12-29-20-23-22-18(16-8-5-9-27-16)25(20)15-6-3-2-4-7-15/h2-11H,12H2,1H3. The molecule has 29 heavy (non-hydrogen) atoms. The molecule has 5 aromatic rings. The fourth-order valence-electron chi connectivity index (χ4n) is 3.05. The number of para-hydroxylation sites is 1. The molecule has 0 radical (unpaired) electrons. The van der Waals surface area contributed by atoms with E-state index < -0.39 is 0 Å². The van der Waals surface area contributed by atoms with Gasteiger partial charge in [-0.05, 0) is 31.2 Å². The second kappa shape index (κ2) is 7.34. The molecule has 0 saturated heterocycles. The number of fused-ring (bicyclic) bond motifs is 1. The molecule has 1 aromatic carbocycles. The zero-order valence-electron chi connectivity index (χ0n) is 15.3. The molecule has 0 atom stereocenters. The van der Waals surface area contributed by atoms with Crippen molar-refractivity contribution in [2.45, 2.75) is 17.8 Å². The van der Waals surface area contributed by atoms with Crippen LogP contribution in [0.5, 0.6) is 0 Å². The van der Waals surface area contributed by atoms with Gasteiger partial charge in [0.25, 0.3) is 5.56 Å². The van der Waals surface area contributed by atoms with Gasteiger partial charge < -0.3 is 4.42 Å². The van der Waals surface area contributed by atoms with Gasteiger partial charge in [0.15, 0.2) is 15.9 Å². The zero-order chi connectivity index (χ0) is 19.8. The van der Waals surface area contributed by atoms with Gasteiger partial charge in [0, 0.05) is 28.6 Å². The molecule has 0 aliphatic rings. The first-order chi connectivity index (χ1) is 14.2. The lowest BCUT2D eigenvalue weighted by Crippen LogP contribution is -2.14. The summed E-state index contributed by atoms with van der Waals surface area (Å²) in [6.07, 6.45) is 1.61. The molecule has 0 aliphatic heterocycles. The van der Waals surface area contributed by atoms with Crippen LogP contribution in [0.15, 0.2) is 74.5 Å². The van der Waals surface area contributed by atoms with Gasteiger partial charge in [0.05, 0.1) is 12.0 Å². The molecule has 4 aromatic heterocycles. The van der Waals surface area contributed by atoms with Gasteiger partial charge in [0.2, 0.25) is 5.82 Å². The average Bonchev–Trinajstić information content (AvgIpc) is 3.47. The number of thiazole rings is 1. The van der Waals surface area contributed by atoms with Crippen LogP contribution in [-0.2, 0) is 5.75 Å². The minimum absolute atomic E-state index is 0.0647. The number of nitrogens with zero attached hydrogens (tertiary/aromatic N) is 5. The van der Waals surface area contributed by atoms with E-state index in [1.807, 2.05) is 59.3 Å². The molecule has 5 rings (SSSR count). The third kappa shape index (κ3) is 3.28. The van der Waals surface area contributed by atoms with Crippen molar-refractivity contribution < 1.29 is 4.42 Å². The van der Waals surface area contributed by atoms with Crippen molar-refractivity contribution in [3.63, 3.8) is 0 Å². The van der Waals surface area contributed by atoms with E-state index in [9.17, 15) is 4.79 Å². The summed E-state index contributed by atoms with van der Waals surface area (Å²) in [5.41, 5.74) is 2.48. The first-order valence-electron chi connectivity index (χ1n) is 8.85. The molecule has 0 unspecified atom stereocenters. The second-order valence-electron chi connectivity index (χ2n) is 6.32. The number of furan rings is 1. The fraction of sp³-hybridized carbons (Fsp3) is 0.100. The number of thioether (sulfide) groups is 1. The van der Waals surface area contributed by atoms with Crippen LogP contribution in [0, 0.1) is 6.92 Å². The maximum absolute atomic E-state index is 12.4. The Morgan fingerprint density at radius 2 is 2.00 bits per heavy atom. The maximum Gasteiger partial charge on any atom is 0.258 e. The van der Waals surface area contributed by atoms with Crippen molar-refractivity contribution in [1.82, 2.24) is 24.1 Å². The van der Waals surface area contributed by atoms with Crippen molar-refractivity contribution in [1.29, 1.82) is 0 Å². The van der Waals surface area contributed by atoms with E-state index in [1.165, 1.54) is 23.1 Å². The zero-order valence-corrected chi connectivity index (χ0v) is 17.0. The Labute approximate surface area is 173 Å². The lowest BCUT2D eigenvalue weighted by molar-refractivity contribution is 0.575. The first kappa shape index (κ1) is 17.9. The fourth-order valence-corrected chi connectivity index (χ4v) is 4.79. The second-order valence-corrected chi connectivity index (χ2v) is 8.10. The van der Waals surface area contributed by atoms with Crippen LogP contribution in [0.1, 0.15) is 11.4 Å². The number of rotatable bonds is 5. The average molecular weight is 422 g/mol. The Morgan fingerprint density at radius 3 is 2.79 bits per heavy atom. The Kier molecular flexibility index (Phi) is 4.53. The Morgan fingerprint density at radius 1 is 1.14 bits per heavy atom. The minimum atomic E-state index is -0.0647. The Bertz CT molecular complexity index is 1340. The highest BCUT2D eigenvalue weighted by Gasteiger charge is 2.18. The molecule has 0 fully saturated rings. The highest BCUT2D eigenvalue weighted by molar-refractivity contribution is 7.98. The monoisotopic (exact) mass is 421 g/mol. The van der Waals surface area contributed by atoms with Crippen LogP contribution in [0.25, 0.3) is 22.2 Å². The smallest absolute Gasteiger partial charge is 0.258 e. The van der Waals surface area contributed by atoms with E-state index in [0.29, 0.717) is 33.1 Å². The highest BCUT2D eigenvalue weighted by atomic mass is 32.2. The van der Waals surface area contributed by atoms with Gasteiger partial charge in [-0.2, -0.15) is 0 Å². The maximum atomic E-state index is 12.4. The summed E-state index contributed by atoms with van der Waals surface area (Å²) in [5.74, 6) is 1.77. The van der Waals surface area contributed by atoms with Crippen molar-refractivity contribution in [3.05, 3.63) is 81.9 Å². The van der Waals surface area contributed by atoms with Crippen LogP contribution >= 0.6 is 23.1 Å². The van der Waals surface area contributed by atoms with Crippen molar-refractivity contribution in [3.8, 4) is 17.3 Å². The normalized spacial score (nSPS) is 11.3. The van der Waals surface area contributed by atoms with Gasteiger partial charge in [0.1, 0.15) is 0 Å². The SMILES string of the molecule is Cc1csc2nc(CSc3nnc(-c4ccco4)n3-c3ccccc3)cc(=O)n12. The molecule has 0 amide bonds. The van der Waals surface area contributed by atoms with Crippen LogP contribution in [0.2, 0.25) is 0 Å². The Balaban J connectivity index is 1.51. The van der Waals surface area contributed by atoms with Crippen molar-refractivity contribution in [2.24, 2.45) is 0 Å². The lowest BCUT2D eigenvalue weighted by atomic mass is 10.3. The number of aromatic nitrogens is 5. The van der Waals surface area contributed by atoms with E-state index >= 15 is 0 Å². The molecule has 0 spiro atoms. The van der Waals surface area contributed by atoms with E-state index in [1.54, 1.807) is 16.7 Å². The Hall–Kier alpha value is -3.17. The number of benzene rings is 1. The lowest BCUT2D eigenvalue weighted by Gasteiger charge is -2.09. The van der Waals surface area contributed by atoms with Crippen LogP contribution in [-0.4, -0.2) is 24.1 Å². The van der Waals surface area contributed by atoms with Crippen LogP contribution in [0.3, 0.4) is 0 Å². The van der Waals surface area contributed by atoms with Gasteiger partial charge in [-0.3, -0.25) is 13.8 Å². The summed E-state index contributed by atoms with van der Waals surface area (Å²) in [6.45, 7) is 1.90. The number of aryl methyl sites for hydroxylation is 1. The molecule has 0 saturated carbocycles. The van der Waals surface area contributed by atoms with E-state index in [0.717, 1.165) is 11.4 Å². The molecular formula is C20H15N5O2S2. The largest absolute Gasteiger partial charge is 0.461 e. The molecule has 0 N–H and O–H groups in total. The van der Waals surface area contributed by atoms with Crippen LogP contribution < -0.4 is 5.56 Å². The van der Waals surface area contributed by atoms with Crippen molar-refractivity contribution >= 4 is 28.1 Å². The summed E-state index contributed by atoms with van der Waals surface area (Å²) in [7, 11) is 0. The molecule has 9 heteroatoms. The summed E-state index contributed by atoms with van der Waals surface area (Å²) in [5, 5.41) is 11.3. The number of hydrogen-bond acceptors (Lipinski definition) is 7. The summed E-state index contributed by atoms with van der Waals surface area (Å²) >= 11 is 2.94. The van der Waals surface area contributed by atoms with Crippen LogP contribution in [0.4, 0.5) is 0 Å². The quantitative estimate of drug-likeness (QED) is 0.396. The molecule has 0 bridgehead atoms. The minimum Gasteiger partial charge on any atom is -0.461 e. The molecule has 7 nitrogen and oxygen atoms in total. The third-order valence-electron chi connectivity index (χ3n) is 4.37. The third-order valence-corrected chi connectivity index (χ3v) is 6.27. The first-order valence-corrected chi connectivity index (χ1v) is 10.7. The van der Waals surface area contributed by atoms with Gasteiger partial charge >= 0.3 is 0 Å².